The van der Waals surface area contributed by atoms with Gasteiger partial charge in [0.2, 0.25) is 5.95 Å². The maximum atomic E-state index is 13.3. The Morgan fingerprint density at radius 1 is 1.56 bits per heavy atom. The van der Waals surface area contributed by atoms with Crippen LogP contribution >= 0.6 is 0 Å². The van der Waals surface area contributed by atoms with Crippen molar-refractivity contribution in [3.05, 3.63) is 29.8 Å². The fraction of sp³-hybridized carbons (Fsp3) is 0.417. The number of carboxylic acids is 1. The molecule has 1 fully saturated rings. The van der Waals surface area contributed by atoms with E-state index in [0.717, 1.165) is 0 Å². The summed E-state index contributed by atoms with van der Waals surface area (Å²) in [5.74, 6) is -2.66. The monoisotopic (exact) mass is 252 g/mol. The Bertz CT molecular complexity index is 486. The van der Waals surface area contributed by atoms with E-state index in [1.165, 1.54) is 23.2 Å². The topological polar surface area (TPSA) is 70.5 Å². The number of nitrogens with zero attached hydrogens (tertiary/aromatic N) is 2. The van der Waals surface area contributed by atoms with Crippen molar-refractivity contribution in [3.8, 4) is 0 Å². The van der Waals surface area contributed by atoms with E-state index in [1.54, 1.807) is 6.92 Å². The van der Waals surface area contributed by atoms with Crippen LogP contribution in [0.15, 0.2) is 18.3 Å². The zero-order chi connectivity index (χ0) is 13.3. The number of halogens is 1. The van der Waals surface area contributed by atoms with Crippen molar-refractivity contribution in [2.45, 2.75) is 6.92 Å². The van der Waals surface area contributed by atoms with Gasteiger partial charge in [0.25, 0.3) is 5.91 Å². The fourth-order valence-electron chi connectivity index (χ4n) is 1.91. The van der Waals surface area contributed by atoms with Crippen LogP contribution in [-0.4, -0.2) is 40.0 Å². The van der Waals surface area contributed by atoms with E-state index in [0.29, 0.717) is 13.1 Å². The second kappa shape index (κ2) is 4.72. The average Bonchev–Trinajstić information content (AvgIpc) is 2.27. The van der Waals surface area contributed by atoms with E-state index in [-0.39, 0.29) is 11.5 Å². The van der Waals surface area contributed by atoms with Crippen LogP contribution in [0.5, 0.6) is 0 Å². The molecule has 1 aromatic rings. The Hall–Kier alpha value is -1.98. The van der Waals surface area contributed by atoms with Crippen molar-refractivity contribution < 1.29 is 19.1 Å². The van der Waals surface area contributed by atoms with Crippen LogP contribution in [0.25, 0.3) is 0 Å². The lowest BCUT2D eigenvalue weighted by Gasteiger charge is -2.41. The predicted molar refractivity (Wildman–Crippen MR) is 60.4 cm³/mol. The first-order valence-electron chi connectivity index (χ1n) is 5.63. The van der Waals surface area contributed by atoms with Gasteiger partial charge in [0.1, 0.15) is 0 Å². The Morgan fingerprint density at radius 3 is 2.78 bits per heavy atom. The number of hydrogen-bond donors (Lipinski definition) is 1. The van der Waals surface area contributed by atoms with Crippen molar-refractivity contribution in [2.75, 3.05) is 13.1 Å². The van der Waals surface area contributed by atoms with Gasteiger partial charge in [-0.05, 0) is 12.1 Å². The molecule has 0 bridgehead atoms. The highest BCUT2D eigenvalue weighted by Crippen LogP contribution is 2.25. The highest BCUT2D eigenvalue weighted by Gasteiger charge is 2.38. The van der Waals surface area contributed by atoms with Crippen molar-refractivity contribution in [1.82, 2.24) is 9.88 Å². The van der Waals surface area contributed by atoms with Crippen LogP contribution in [0, 0.1) is 17.8 Å². The third kappa shape index (κ3) is 2.18. The molecule has 1 amide bonds. The third-order valence-electron chi connectivity index (χ3n) is 3.28. The van der Waals surface area contributed by atoms with Crippen LogP contribution < -0.4 is 0 Å². The highest BCUT2D eigenvalue weighted by molar-refractivity contribution is 5.94. The first kappa shape index (κ1) is 12.5. The largest absolute Gasteiger partial charge is 0.481 e. The minimum absolute atomic E-state index is 0.0637. The van der Waals surface area contributed by atoms with E-state index in [4.69, 9.17) is 5.11 Å². The Kier molecular flexibility index (Phi) is 3.27. The minimum Gasteiger partial charge on any atom is -0.481 e. The normalized spacial score (nSPS) is 17.1. The molecule has 96 valence electrons. The number of carboxylic acid groups (broad SMARTS) is 1. The zero-order valence-electron chi connectivity index (χ0n) is 9.84. The van der Waals surface area contributed by atoms with Gasteiger partial charge in [0, 0.05) is 25.2 Å². The van der Waals surface area contributed by atoms with Crippen LogP contribution in [0.1, 0.15) is 17.3 Å². The molecular formula is C12H13FN2O3. The van der Waals surface area contributed by atoms with E-state index >= 15 is 0 Å². The molecule has 0 saturated carbocycles. The number of amides is 1. The summed E-state index contributed by atoms with van der Waals surface area (Å²) in [6.07, 6.45) is 1.28. The SMILES string of the molecule is CC(C(=O)O)C1CN(C(=O)c2cccnc2F)C1. The number of aliphatic carboxylic acids is 1. The Labute approximate surface area is 103 Å². The zero-order valence-corrected chi connectivity index (χ0v) is 9.84. The molecule has 1 atom stereocenters. The van der Waals surface area contributed by atoms with Gasteiger partial charge < -0.3 is 10.0 Å². The smallest absolute Gasteiger partial charge is 0.306 e. The van der Waals surface area contributed by atoms with Crippen molar-refractivity contribution in [2.24, 2.45) is 11.8 Å². The lowest BCUT2D eigenvalue weighted by atomic mass is 9.86. The summed E-state index contributed by atoms with van der Waals surface area (Å²) in [6.45, 7) is 2.31. The standard InChI is InChI=1S/C12H13FN2O3/c1-7(12(17)18)8-5-15(6-8)11(16)9-3-2-4-14-10(9)13/h2-4,7-8H,5-6H2,1H3,(H,17,18). The van der Waals surface area contributed by atoms with E-state index in [2.05, 4.69) is 4.98 Å². The van der Waals surface area contributed by atoms with Crippen LogP contribution in [0.4, 0.5) is 4.39 Å². The molecule has 2 rings (SSSR count). The Morgan fingerprint density at radius 2 is 2.22 bits per heavy atom. The summed E-state index contributed by atoms with van der Waals surface area (Å²) >= 11 is 0. The lowest BCUT2D eigenvalue weighted by Crippen LogP contribution is -2.53. The fourth-order valence-corrected chi connectivity index (χ4v) is 1.91. The first-order valence-corrected chi connectivity index (χ1v) is 5.63. The quantitative estimate of drug-likeness (QED) is 0.815. The van der Waals surface area contributed by atoms with Crippen LogP contribution in [0.3, 0.4) is 0 Å². The van der Waals surface area contributed by atoms with Gasteiger partial charge >= 0.3 is 5.97 Å². The molecule has 1 unspecified atom stereocenters. The number of pyridine rings is 1. The molecule has 0 spiro atoms. The maximum Gasteiger partial charge on any atom is 0.306 e. The molecule has 1 aliphatic rings. The number of aromatic nitrogens is 1. The van der Waals surface area contributed by atoms with Gasteiger partial charge in [-0.1, -0.05) is 6.92 Å². The van der Waals surface area contributed by atoms with Crippen molar-refractivity contribution in [1.29, 1.82) is 0 Å². The molecule has 1 aromatic heterocycles. The summed E-state index contributed by atoms with van der Waals surface area (Å²) in [4.78, 5) is 27.5. The molecule has 2 heterocycles. The first-order chi connectivity index (χ1) is 8.50. The summed E-state index contributed by atoms with van der Waals surface area (Å²) in [6, 6.07) is 2.87. The number of likely N-dealkylation sites (tertiary alicyclic amines) is 1. The van der Waals surface area contributed by atoms with Crippen LogP contribution in [-0.2, 0) is 4.79 Å². The van der Waals surface area contributed by atoms with Gasteiger partial charge in [-0.2, -0.15) is 4.39 Å². The van der Waals surface area contributed by atoms with Crippen LogP contribution in [0.2, 0.25) is 0 Å². The molecule has 1 N–H and O–H groups in total. The summed E-state index contributed by atoms with van der Waals surface area (Å²) < 4.78 is 13.3. The summed E-state index contributed by atoms with van der Waals surface area (Å²) in [5, 5.41) is 8.83. The van der Waals surface area contributed by atoms with E-state index < -0.39 is 23.7 Å². The number of carbonyl (C=O) groups is 2. The molecule has 1 saturated heterocycles. The van der Waals surface area contributed by atoms with E-state index in [9.17, 15) is 14.0 Å². The second-order valence-electron chi connectivity index (χ2n) is 4.44. The van der Waals surface area contributed by atoms with E-state index in [1.807, 2.05) is 0 Å². The number of rotatable bonds is 3. The van der Waals surface area contributed by atoms with Crippen molar-refractivity contribution in [3.63, 3.8) is 0 Å². The Balaban J connectivity index is 1.99. The lowest BCUT2D eigenvalue weighted by molar-refractivity contribution is -0.144. The highest BCUT2D eigenvalue weighted by atomic mass is 19.1. The second-order valence-corrected chi connectivity index (χ2v) is 4.44. The van der Waals surface area contributed by atoms with Gasteiger partial charge in [-0.3, -0.25) is 9.59 Å². The molecule has 6 heteroatoms. The minimum atomic E-state index is -0.875. The van der Waals surface area contributed by atoms with Gasteiger partial charge in [0.05, 0.1) is 11.5 Å². The molecule has 0 aliphatic carbocycles. The van der Waals surface area contributed by atoms with Gasteiger partial charge in [-0.15, -0.1) is 0 Å². The summed E-state index contributed by atoms with van der Waals surface area (Å²) in [5.41, 5.74) is -0.0704. The third-order valence-corrected chi connectivity index (χ3v) is 3.28. The molecule has 1 aliphatic heterocycles. The molecular weight excluding hydrogens is 239 g/mol. The van der Waals surface area contributed by atoms with Gasteiger partial charge in [0.15, 0.2) is 0 Å². The molecule has 0 aromatic carbocycles. The van der Waals surface area contributed by atoms with Crippen molar-refractivity contribution >= 4 is 11.9 Å². The maximum absolute atomic E-state index is 13.3. The summed E-state index contributed by atoms with van der Waals surface area (Å²) in [7, 11) is 0. The number of hydrogen-bond acceptors (Lipinski definition) is 3. The predicted octanol–water partition coefficient (Wildman–Crippen LogP) is 1.01. The number of carbonyl (C=O) groups excluding carboxylic acids is 1. The molecule has 18 heavy (non-hydrogen) atoms. The molecule has 5 nitrogen and oxygen atoms in total. The average molecular weight is 252 g/mol. The molecule has 0 radical (unpaired) electrons. The van der Waals surface area contributed by atoms with Gasteiger partial charge in [-0.25, -0.2) is 4.98 Å².